The second-order valence-electron chi connectivity index (χ2n) is 7.34. The first-order valence-electron chi connectivity index (χ1n) is 9.48. The lowest BCUT2D eigenvalue weighted by molar-refractivity contribution is 0.0833. The van der Waals surface area contributed by atoms with Crippen LogP contribution in [-0.2, 0) is 6.54 Å². The number of hydrogen-bond donors (Lipinski definition) is 0. The summed E-state index contributed by atoms with van der Waals surface area (Å²) in [5, 5.41) is 8.10. The molecule has 0 spiro atoms. The van der Waals surface area contributed by atoms with E-state index in [0.29, 0.717) is 22.8 Å². The van der Waals surface area contributed by atoms with E-state index in [-0.39, 0.29) is 11.9 Å². The molecule has 1 fully saturated rings. The Balaban J connectivity index is 1.37. The highest BCUT2D eigenvalue weighted by Gasteiger charge is 2.26. The monoisotopic (exact) mass is 385 g/mol. The summed E-state index contributed by atoms with van der Waals surface area (Å²) in [4.78, 5) is 9.17. The molecule has 0 bridgehead atoms. The minimum absolute atomic E-state index is 0.00740. The van der Waals surface area contributed by atoms with E-state index in [9.17, 15) is 4.39 Å². The molecule has 0 radical (unpaired) electrons. The van der Waals surface area contributed by atoms with Crippen molar-refractivity contribution in [2.75, 3.05) is 26.2 Å². The predicted octanol–water partition coefficient (Wildman–Crippen LogP) is 3.36. The molecule has 4 rings (SSSR count). The maximum Gasteiger partial charge on any atom is 0.244 e. The zero-order valence-electron chi connectivity index (χ0n) is 16.4. The highest BCUT2D eigenvalue weighted by atomic mass is 19.1. The summed E-state index contributed by atoms with van der Waals surface area (Å²) in [7, 11) is 0. The Kier molecular flexibility index (Phi) is 5.23. The average Bonchev–Trinajstić information content (AvgIpc) is 3.33. The van der Waals surface area contributed by atoms with Crippen LogP contribution in [0.15, 0.2) is 33.3 Å². The van der Waals surface area contributed by atoms with Crippen molar-refractivity contribution in [3.05, 3.63) is 53.0 Å². The molecule has 1 atom stereocenters. The Morgan fingerprint density at radius 1 is 1.07 bits per heavy atom. The smallest absolute Gasteiger partial charge is 0.244 e. The number of nitrogens with zero attached hydrogens (tertiary/aromatic N) is 5. The lowest BCUT2D eigenvalue weighted by Crippen LogP contribution is -2.46. The van der Waals surface area contributed by atoms with E-state index in [1.807, 2.05) is 19.1 Å². The van der Waals surface area contributed by atoms with E-state index in [1.54, 1.807) is 13.0 Å². The molecule has 3 heterocycles. The van der Waals surface area contributed by atoms with Gasteiger partial charge in [-0.05, 0) is 32.4 Å². The van der Waals surface area contributed by atoms with Gasteiger partial charge in [0.25, 0.3) is 0 Å². The molecule has 1 aliphatic rings. The molecule has 0 saturated carbocycles. The molecule has 3 aromatic rings. The molecule has 1 aliphatic heterocycles. The van der Waals surface area contributed by atoms with Crippen molar-refractivity contribution in [2.45, 2.75) is 33.4 Å². The van der Waals surface area contributed by atoms with Gasteiger partial charge in [-0.2, -0.15) is 4.98 Å². The van der Waals surface area contributed by atoms with Crippen LogP contribution in [0.4, 0.5) is 4.39 Å². The van der Waals surface area contributed by atoms with Gasteiger partial charge in [-0.3, -0.25) is 9.80 Å². The van der Waals surface area contributed by atoms with E-state index in [0.717, 1.165) is 44.2 Å². The summed E-state index contributed by atoms with van der Waals surface area (Å²) < 4.78 is 24.4. The molecule has 0 aliphatic carbocycles. The van der Waals surface area contributed by atoms with Gasteiger partial charge in [-0.1, -0.05) is 22.4 Å². The highest BCUT2D eigenvalue weighted by Crippen LogP contribution is 2.24. The third-order valence-corrected chi connectivity index (χ3v) is 5.25. The molecule has 8 heteroatoms. The van der Waals surface area contributed by atoms with E-state index >= 15 is 0 Å². The van der Waals surface area contributed by atoms with Crippen LogP contribution in [0, 0.1) is 19.7 Å². The van der Waals surface area contributed by atoms with E-state index < -0.39 is 0 Å². The van der Waals surface area contributed by atoms with Gasteiger partial charge in [0.15, 0.2) is 0 Å². The second kappa shape index (κ2) is 7.81. The number of rotatable bonds is 5. The molecular weight excluding hydrogens is 361 g/mol. The SMILES string of the molecule is Cc1cc(CN2CCN(C(C)c3nc(-c4ccc(C)c(F)c4)no3)CC2)no1. The number of hydrogen-bond acceptors (Lipinski definition) is 7. The van der Waals surface area contributed by atoms with Crippen molar-refractivity contribution in [1.29, 1.82) is 0 Å². The fourth-order valence-corrected chi connectivity index (χ4v) is 3.44. The lowest BCUT2D eigenvalue weighted by atomic mass is 10.1. The molecule has 7 nitrogen and oxygen atoms in total. The van der Waals surface area contributed by atoms with Crippen LogP contribution in [0.3, 0.4) is 0 Å². The molecular formula is C20H24FN5O2. The van der Waals surface area contributed by atoms with Gasteiger partial charge in [0.1, 0.15) is 11.6 Å². The van der Waals surface area contributed by atoms with Gasteiger partial charge in [0.2, 0.25) is 11.7 Å². The van der Waals surface area contributed by atoms with Crippen LogP contribution in [0.5, 0.6) is 0 Å². The van der Waals surface area contributed by atoms with Crippen molar-refractivity contribution < 1.29 is 13.4 Å². The van der Waals surface area contributed by atoms with E-state index in [1.165, 1.54) is 6.07 Å². The van der Waals surface area contributed by atoms with Gasteiger partial charge in [0, 0.05) is 44.4 Å². The molecule has 2 aromatic heterocycles. The molecule has 1 unspecified atom stereocenters. The molecule has 148 valence electrons. The van der Waals surface area contributed by atoms with Crippen LogP contribution in [0.1, 0.15) is 35.9 Å². The predicted molar refractivity (Wildman–Crippen MR) is 101 cm³/mol. The quantitative estimate of drug-likeness (QED) is 0.667. The first kappa shape index (κ1) is 18.8. The van der Waals surface area contributed by atoms with Crippen molar-refractivity contribution in [3.8, 4) is 11.4 Å². The number of piperazine rings is 1. The highest BCUT2D eigenvalue weighted by molar-refractivity contribution is 5.54. The molecule has 28 heavy (non-hydrogen) atoms. The summed E-state index contributed by atoms with van der Waals surface area (Å²) in [5.41, 5.74) is 2.18. The Hall–Kier alpha value is -2.58. The number of halogens is 1. The normalized spacial score (nSPS) is 17.1. The summed E-state index contributed by atoms with van der Waals surface area (Å²) in [6, 6.07) is 6.96. The van der Waals surface area contributed by atoms with Crippen LogP contribution < -0.4 is 0 Å². The Morgan fingerprint density at radius 3 is 2.54 bits per heavy atom. The number of benzene rings is 1. The summed E-state index contributed by atoms with van der Waals surface area (Å²) in [5.74, 6) is 1.54. The number of aryl methyl sites for hydroxylation is 2. The Bertz CT molecular complexity index is 946. The minimum atomic E-state index is -0.268. The largest absolute Gasteiger partial charge is 0.361 e. The van der Waals surface area contributed by atoms with Gasteiger partial charge in [0.05, 0.1) is 11.7 Å². The number of aromatic nitrogens is 3. The van der Waals surface area contributed by atoms with Crippen molar-refractivity contribution in [2.24, 2.45) is 0 Å². The van der Waals surface area contributed by atoms with Crippen molar-refractivity contribution in [1.82, 2.24) is 25.1 Å². The van der Waals surface area contributed by atoms with Gasteiger partial charge in [-0.25, -0.2) is 4.39 Å². The van der Waals surface area contributed by atoms with Gasteiger partial charge >= 0.3 is 0 Å². The van der Waals surface area contributed by atoms with Crippen LogP contribution >= 0.6 is 0 Å². The molecule has 1 aromatic carbocycles. The third-order valence-electron chi connectivity index (χ3n) is 5.25. The van der Waals surface area contributed by atoms with Crippen LogP contribution in [0.2, 0.25) is 0 Å². The lowest BCUT2D eigenvalue weighted by Gasteiger charge is -2.36. The zero-order chi connectivity index (χ0) is 19.7. The van der Waals surface area contributed by atoms with Crippen molar-refractivity contribution >= 4 is 0 Å². The first-order chi connectivity index (χ1) is 13.5. The molecule has 0 N–H and O–H groups in total. The minimum Gasteiger partial charge on any atom is -0.361 e. The molecule has 1 saturated heterocycles. The Morgan fingerprint density at radius 2 is 1.86 bits per heavy atom. The standard InChI is InChI=1S/C20H24FN5O2/c1-13-4-5-16(11-18(13)21)19-22-20(28-24-19)15(3)26-8-6-25(7-9-26)12-17-10-14(2)27-23-17/h4-5,10-11,15H,6-9,12H2,1-3H3. The summed E-state index contributed by atoms with van der Waals surface area (Å²) in [6.45, 7) is 10.1. The van der Waals surface area contributed by atoms with E-state index in [2.05, 4.69) is 32.0 Å². The summed E-state index contributed by atoms with van der Waals surface area (Å²) in [6.07, 6.45) is 0. The second-order valence-corrected chi connectivity index (χ2v) is 7.34. The Labute approximate surface area is 163 Å². The fourth-order valence-electron chi connectivity index (χ4n) is 3.44. The topological polar surface area (TPSA) is 71.4 Å². The average molecular weight is 385 g/mol. The maximum atomic E-state index is 13.8. The van der Waals surface area contributed by atoms with Gasteiger partial charge in [-0.15, -0.1) is 0 Å². The maximum absolute atomic E-state index is 13.8. The fraction of sp³-hybridized carbons (Fsp3) is 0.450. The summed E-state index contributed by atoms with van der Waals surface area (Å²) >= 11 is 0. The molecule has 0 amide bonds. The van der Waals surface area contributed by atoms with Crippen molar-refractivity contribution in [3.63, 3.8) is 0 Å². The van der Waals surface area contributed by atoms with Crippen LogP contribution in [-0.4, -0.2) is 51.3 Å². The first-order valence-corrected chi connectivity index (χ1v) is 9.48. The third kappa shape index (κ3) is 3.98. The van der Waals surface area contributed by atoms with Crippen LogP contribution in [0.25, 0.3) is 11.4 Å². The van der Waals surface area contributed by atoms with Gasteiger partial charge < -0.3 is 9.05 Å². The zero-order valence-corrected chi connectivity index (χ0v) is 16.4. The van der Waals surface area contributed by atoms with E-state index in [4.69, 9.17) is 9.05 Å².